The second-order valence-electron chi connectivity index (χ2n) is 5.66. The third kappa shape index (κ3) is 4.70. The number of ether oxygens (including phenoxy) is 1. The summed E-state index contributed by atoms with van der Waals surface area (Å²) in [4.78, 5) is 22.9. The number of rotatable bonds is 6. The van der Waals surface area contributed by atoms with Gasteiger partial charge in [-0.15, -0.1) is 0 Å². The first kappa shape index (κ1) is 20.1. The quantitative estimate of drug-likeness (QED) is 0.431. The molecular weight excluding hydrogens is 372 g/mol. The molecular formula is C16H20N6O4S. The van der Waals surface area contributed by atoms with Crippen molar-refractivity contribution in [2.75, 3.05) is 12.1 Å². The van der Waals surface area contributed by atoms with Gasteiger partial charge in [0.05, 0.1) is 24.3 Å². The van der Waals surface area contributed by atoms with Crippen molar-refractivity contribution in [2.45, 2.75) is 26.8 Å². The fourth-order valence-corrected chi connectivity index (χ4v) is 2.70. The number of hydrazine groups is 1. The standard InChI is InChI=1S/C16H20N6O4S/c1-10-15(22(24)25)11(2)20(18-10)8-7-14(23)19-21(16(17)27)12-5-4-6-13(9-12)26-3/h4-6,9H,7-8H2,1-3H3,(H2,17,27)(H,19,23). The van der Waals surface area contributed by atoms with Gasteiger partial charge in [0.2, 0.25) is 5.91 Å². The lowest BCUT2D eigenvalue weighted by Gasteiger charge is -2.23. The number of methoxy groups -OCH3 is 1. The number of thiocarbonyl (C=S) groups is 1. The van der Waals surface area contributed by atoms with Crippen LogP contribution in [0.25, 0.3) is 0 Å². The lowest BCUT2D eigenvalue weighted by Crippen LogP contribution is -2.49. The van der Waals surface area contributed by atoms with Crippen LogP contribution in [0.15, 0.2) is 24.3 Å². The van der Waals surface area contributed by atoms with Gasteiger partial charge in [-0.25, -0.2) is 5.01 Å². The maximum atomic E-state index is 12.3. The van der Waals surface area contributed by atoms with Gasteiger partial charge in [-0.2, -0.15) is 5.10 Å². The van der Waals surface area contributed by atoms with Crippen LogP contribution in [0.5, 0.6) is 5.75 Å². The van der Waals surface area contributed by atoms with Crippen molar-refractivity contribution in [3.05, 3.63) is 45.8 Å². The average Bonchev–Trinajstić information content (AvgIpc) is 2.91. The van der Waals surface area contributed by atoms with Gasteiger partial charge in [0.15, 0.2) is 5.11 Å². The normalized spacial score (nSPS) is 10.3. The van der Waals surface area contributed by atoms with Gasteiger partial charge in [0.1, 0.15) is 17.1 Å². The third-order valence-electron chi connectivity index (χ3n) is 3.84. The van der Waals surface area contributed by atoms with Crippen molar-refractivity contribution >= 4 is 34.6 Å². The van der Waals surface area contributed by atoms with Crippen LogP contribution in [0.3, 0.4) is 0 Å². The van der Waals surface area contributed by atoms with Crippen molar-refractivity contribution in [1.29, 1.82) is 0 Å². The largest absolute Gasteiger partial charge is 0.497 e. The Labute approximate surface area is 161 Å². The molecule has 2 rings (SSSR count). The molecule has 11 heteroatoms. The van der Waals surface area contributed by atoms with E-state index in [2.05, 4.69) is 10.5 Å². The smallest absolute Gasteiger partial charge is 0.312 e. The summed E-state index contributed by atoms with van der Waals surface area (Å²) < 4.78 is 6.59. The lowest BCUT2D eigenvalue weighted by atomic mass is 10.3. The van der Waals surface area contributed by atoms with E-state index >= 15 is 0 Å². The minimum atomic E-state index is -0.481. The van der Waals surface area contributed by atoms with Crippen LogP contribution < -0.4 is 20.9 Å². The number of aryl methyl sites for hydroxylation is 2. The molecule has 0 radical (unpaired) electrons. The summed E-state index contributed by atoms with van der Waals surface area (Å²) in [5.74, 6) is 0.207. The predicted octanol–water partition coefficient (Wildman–Crippen LogP) is 1.59. The van der Waals surface area contributed by atoms with E-state index in [1.807, 2.05) is 0 Å². The second kappa shape index (κ2) is 8.45. The van der Waals surface area contributed by atoms with Crippen molar-refractivity contribution < 1.29 is 14.5 Å². The van der Waals surface area contributed by atoms with E-state index in [0.29, 0.717) is 22.8 Å². The number of carbonyl (C=O) groups excluding carboxylic acids is 1. The number of nitro groups is 1. The van der Waals surface area contributed by atoms with Crippen molar-refractivity contribution in [1.82, 2.24) is 15.2 Å². The van der Waals surface area contributed by atoms with Crippen LogP contribution in [0, 0.1) is 24.0 Å². The summed E-state index contributed by atoms with van der Waals surface area (Å²) in [6.45, 7) is 3.32. The van der Waals surface area contributed by atoms with Gasteiger partial charge in [0, 0.05) is 12.5 Å². The molecule has 0 unspecified atom stereocenters. The molecule has 0 spiro atoms. The number of hydrogen-bond donors (Lipinski definition) is 2. The van der Waals surface area contributed by atoms with Crippen LogP contribution in [-0.2, 0) is 11.3 Å². The molecule has 10 nitrogen and oxygen atoms in total. The number of hydrogen-bond acceptors (Lipinski definition) is 6. The Kier molecular flexibility index (Phi) is 6.29. The molecule has 0 aliphatic carbocycles. The molecule has 0 saturated carbocycles. The van der Waals surface area contributed by atoms with Crippen LogP contribution in [0.2, 0.25) is 0 Å². The molecule has 0 fully saturated rings. The molecule has 0 atom stereocenters. The van der Waals surface area contributed by atoms with Gasteiger partial charge in [-0.1, -0.05) is 6.07 Å². The average molecular weight is 392 g/mol. The number of amides is 1. The molecule has 3 N–H and O–H groups in total. The summed E-state index contributed by atoms with van der Waals surface area (Å²) in [6.07, 6.45) is 0.0300. The van der Waals surface area contributed by atoms with Gasteiger partial charge in [-0.05, 0) is 38.2 Å². The van der Waals surface area contributed by atoms with Crippen LogP contribution >= 0.6 is 12.2 Å². The maximum Gasteiger partial charge on any atom is 0.312 e. The summed E-state index contributed by atoms with van der Waals surface area (Å²) in [7, 11) is 1.52. The highest BCUT2D eigenvalue weighted by Gasteiger charge is 2.22. The summed E-state index contributed by atoms with van der Waals surface area (Å²) in [5.41, 5.74) is 9.51. The summed E-state index contributed by atoms with van der Waals surface area (Å²) >= 11 is 5.00. The molecule has 144 valence electrons. The Bertz CT molecular complexity index is 882. The summed E-state index contributed by atoms with van der Waals surface area (Å²) in [5, 5.41) is 16.4. The Hall–Kier alpha value is -3.21. The van der Waals surface area contributed by atoms with Crippen molar-refractivity contribution in [3.63, 3.8) is 0 Å². The van der Waals surface area contributed by atoms with E-state index in [1.54, 1.807) is 38.1 Å². The number of nitrogens with two attached hydrogens (primary N) is 1. The number of benzene rings is 1. The third-order valence-corrected chi connectivity index (χ3v) is 4.03. The van der Waals surface area contributed by atoms with E-state index in [1.165, 1.54) is 16.8 Å². The molecule has 1 amide bonds. The Morgan fingerprint density at radius 3 is 2.74 bits per heavy atom. The molecule has 2 aromatic rings. The molecule has 1 aromatic carbocycles. The molecule has 0 aliphatic rings. The van der Waals surface area contributed by atoms with E-state index in [9.17, 15) is 14.9 Å². The van der Waals surface area contributed by atoms with Gasteiger partial charge >= 0.3 is 5.69 Å². The molecule has 0 saturated heterocycles. The zero-order chi connectivity index (χ0) is 20.1. The fraction of sp³-hybridized carbons (Fsp3) is 0.312. The Morgan fingerprint density at radius 2 is 2.19 bits per heavy atom. The number of nitrogens with one attached hydrogen (secondary N) is 1. The topological polar surface area (TPSA) is 129 Å². The Morgan fingerprint density at radius 1 is 1.48 bits per heavy atom. The molecule has 0 bridgehead atoms. The molecule has 1 heterocycles. The highest BCUT2D eigenvalue weighted by Crippen LogP contribution is 2.22. The zero-order valence-corrected chi connectivity index (χ0v) is 15.9. The SMILES string of the molecule is COc1cccc(N(NC(=O)CCn2nc(C)c([N+](=O)[O-])c2C)C(N)=S)c1. The number of nitrogens with zero attached hydrogens (tertiary/aromatic N) is 4. The van der Waals surface area contributed by atoms with Gasteiger partial charge < -0.3 is 10.5 Å². The first-order valence-electron chi connectivity index (χ1n) is 7.96. The van der Waals surface area contributed by atoms with Crippen molar-refractivity contribution in [3.8, 4) is 5.75 Å². The zero-order valence-electron chi connectivity index (χ0n) is 15.1. The lowest BCUT2D eigenvalue weighted by molar-refractivity contribution is -0.386. The van der Waals surface area contributed by atoms with E-state index in [4.69, 9.17) is 22.7 Å². The number of aromatic nitrogens is 2. The predicted molar refractivity (Wildman–Crippen MR) is 103 cm³/mol. The van der Waals surface area contributed by atoms with Crippen LogP contribution in [0.1, 0.15) is 17.8 Å². The minimum absolute atomic E-state index is 0.0300. The van der Waals surface area contributed by atoms with Gasteiger partial charge in [0.25, 0.3) is 0 Å². The highest BCUT2D eigenvalue weighted by molar-refractivity contribution is 7.80. The van der Waals surface area contributed by atoms with Crippen LogP contribution in [-0.4, -0.2) is 32.8 Å². The first-order chi connectivity index (χ1) is 12.7. The maximum absolute atomic E-state index is 12.3. The van der Waals surface area contributed by atoms with E-state index < -0.39 is 4.92 Å². The fourth-order valence-electron chi connectivity index (χ4n) is 2.55. The number of anilines is 1. The molecule has 1 aromatic heterocycles. The number of carbonyl (C=O) groups is 1. The molecule has 27 heavy (non-hydrogen) atoms. The minimum Gasteiger partial charge on any atom is -0.497 e. The summed E-state index contributed by atoms with van der Waals surface area (Å²) in [6, 6.07) is 6.87. The Balaban J connectivity index is 2.08. The molecule has 0 aliphatic heterocycles. The van der Waals surface area contributed by atoms with Gasteiger partial charge in [-0.3, -0.25) is 25.0 Å². The van der Waals surface area contributed by atoms with E-state index in [-0.39, 0.29) is 29.7 Å². The first-order valence-corrected chi connectivity index (χ1v) is 8.37. The van der Waals surface area contributed by atoms with Crippen LogP contribution in [0.4, 0.5) is 11.4 Å². The highest BCUT2D eigenvalue weighted by atomic mass is 32.1. The van der Waals surface area contributed by atoms with E-state index in [0.717, 1.165) is 0 Å². The van der Waals surface area contributed by atoms with Crippen molar-refractivity contribution in [2.24, 2.45) is 5.73 Å². The second-order valence-corrected chi connectivity index (χ2v) is 6.08. The monoisotopic (exact) mass is 392 g/mol.